The van der Waals surface area contributed by atoms with Crippen molar-refractivity contribution in [3.8, 4) is 0 Å². The first-order chi connectivity index (χ1) is 10.4. The van der Waals surface area contributed by atoms with Gasteiger partial charge in [0, 0.05) is 31.8 Å². The number of rotatable bonds is 6. The Morgan fingerprint density at radius 2 is 2.18 bits per heavy atom. The van der Waals surface area contributed by atoms with Crippen LogP contribution in [-0.2, 0) is 24.9 Å². The Hall–Kier alpha value is -2.42. The lowest BCUT2D eigenvalue weighted by Gasteiger charge is -2.03. The fourth-order valence-electron chi connectivity index (χ4n) is 1.95. The number of hydrogen-bond acceptors (Lipinski definition) is 5. The Balaban J connectivity index is 1.84. The molecule has 118 valence electrons. The molecule has 10 heteroatoms. The average Bonchev–Trinajstić information content (AvgIpc) is 2.96. The van der Waals surface area contributed by atoms with Crippen molar-refractivity contribution in [2.45, 2.75) is 26.4 Å². The molecule has 0 atom stereocenters. The summed E-state index contributed by atoms with van der Waals surface area (Å²) in [5.74, 6) is -0.592. The van der Waals surface area contributed by atoms with E-state index in [1.54, 1.807) is 4.68 Å². The second-order valence-electron chi connectivity index (χ2n) is 4.76. The van der Waals surface area contributed by atoms with Gasteiger partial charge in [-0.05, 0) is 11.8 Å². The van der Waals surface area contributed by atoms with Gasteiger partial charge in [-0.25, -0.2) is 0 Å². The molecule has 2 aromatic heterocycles. The number of amides is 1. The number of aryl methyl sites for hydroxylation is 3. The minimum atomic E-state index is -0.663. The summed E-state index contributed by atoms with van der Waals surface area (Å²) in [5, 5.41) is 21.2. The van der Waals surface area contributed by atoms with Gasteiger partial charge < -0.3 is 15.4 Å². The second-order valence-corrected chi connectivity index (χ2v) is 5.17. The monoisotopic (exact) mass is 326 g/mol. The van der Waals surface area contributed by atoms with Gasteiger partial charge in [0.15, 0.2) is 5.02 Å². The van der Waals surface area contributed by atoms with Gasteiger partial charge in [0.1, 0.15) is 0 Å². The van der Waals surface area contributed by atoms with Gasteiger partial charge in [-0.15, -0.1) is 0 Å². The van der Waals surface area contributed by atoms with Crippen LogP contribution in [0.25, 0.3) is 0 Å². The van der Waals surface area contributed by atoms with Gasteiger partial charge in [0.2, 0.25) is 5.91 Å². The van der Waals surface area contributed by atoms with Crippen molar-refractivity contribution >= 4 is 23.3 Å². The fraction of sp³-hybridized carbons (Fsp3) is 0.417. The molecule has 0 saturated carbocycles. The van der Waals surface area contributed by atoms with E-state index in [0.717, 1.165) is 11.3 Å². The van der Waals surface area contributed by atoms with E-state index in [1.165, 1.54) is 10.9 Å². The van der Waals surface area contributed by atoms with E-state index < -0.39 is 10.7 Å². The molecule has 0 radical (unpaired) electrons. The first-order valence-corrected chi connectivity index (χ1v) is 6.87. The second kappa shape index (κ2) is 6.56. The van der Waals surface area contributed by atoms with E-state index in [-0.39, 0.29) is 23.9 Å². The standard InChI is InChI=1S/C12H15ClN6O3/c1-8-9(6-17(2)15-8)5-14-11(20)3-4-18-7-10(13)12(16-18)19(21)22/h6-7H,3-5H2,1-2H3,(H,14,20). The van der Waals surface area contributed by atoms with Crippen molar-refractivity contribution in [1.29, 1.82) is 0 Å². The average molecular weight is 327 g/mol. The first-order valence-electron chi connectivity index (χ1n) is 6.50. The molecule has 0 aliphatic heterocycles. The minimum Gasteiger partial charge on any atom is -0.358 e. The number of nitrogens with zero attached hydrogens (tertiary/aromatic N) is 5. The SMILES string of the molecule is Cc1nn(C)cc1CNC(=O)CCn1cc(Cl)c([N+](=O)[O-])n1. The third-order valence-electron chi connectivity index (χ3n) is 3.03. The summed E-state index contributed by atoms with van der Waals surface area (Å²) in [7, 11) is 1.81. The Morgan fingerprint density at radius 3 is 2.73 bits per heavy atom. The summed E-state index contributed by atoms with van der Waals surface area (Å²) in [6.07, 6.45) is 3.32. The van der Waals surface area contributed by atoms with Crippen LogP contribution in [0.4, 0.5) is 5.82 Å². The molecule has 0 aromatic carbocycles. The predicted octanol–water partition coefficient (Wildman–Crippen LogP) is 1.19. The van der Waals surface area contributed by atoms with Crippen LogP contribution in [-0.4, -0.2) is 30.4 Å². The summed E-state index contributed by atoms with van der Waals surface area (Å²) in [4.78, 5) is 21.7. The van der Waals surface area contributed by atoms with Crippen LogP contribution in [0.2, 0.25) is 5.02 Å². The maximum atomic E-state index is 11.8. The van der Waals surface area contributed by atoms with Crippen LogP contribution >= 0.6 is 11.6 Å². The van der Waals surface area contributed by atoms with E-state index >= 15 is 0 Å². The van der Waals surface area contributed by atoms with Crippen LogP contribution < -0.4 is 5.32 Å². The van der Waals surface area contributed by atoms with Crippen molar-refractivity contribution in [2.75, 3.05) is 0 Å². The van der Waals surface area contributed by atoms with Crippen molar-refractivity contribution < 1.29 is 9.72 Å². The molecule has 0 saturated heterocycles. The zero-order chi connectivity index (χ0) is 16.3. The van der Waals surface area contributed by atoms with Crippen molar-refractivity contribution in [1.82, 2.24) is 24.9 Å². The lowest BCUT2D eigenvalue weighted by Crippen LogP contribution is -2.24. The summed E-state index contributed by atoms with van der Waals surface area (Å²) >= 11 is 5.68. The molecule has 2 aromatic rings. The number of halogens is 1. The predicted molar refractivity (Wildman–Crippen MR) is 78.3 cm³/mol. The van der Waals surface area contributed by atoms with Crippen LogP contribution in [0.5, 0.6) is 0 Å². The van der Waals surface area contributed by atoms with Gasteiger partial charge >= 0.3 is 5.82 Å². The topological polar surface area (TPSA) is 108 Å². The Bertz CT molecular complexity index is 708. The highest BCUT2D eigenvalue weighted by molar-refractivity contribution is 6.32. The number of carbonyl (C=O) groups is 1. The summed E-state index contributed by atoms with van der Waals surface area (Å²) in [6, 6.07) is 0. The Morgan fingerprint density at radius 1 is 1.45 bits per heavy atom. The van der Waals surface area contributed by atoms with Gasteiger partial charge in [-0.3, -0.25) is 9.48 Å². The molecule has 22 heavy (non-hydrogen) atoms. The molecule has 0 fully saturated rings. The van der Waals surface area contributed by atoms with E-state index in [1.807, 2.05) is 20.2 Å². The lowest BCUT2D eigenvalue weighted by molar-refractivity contribution is -0.389. The van der Waals surface area contributed by atoms with Gasteiger partial charge in [-0.2, -0.15) is 9.78 Å². The number of nitrogens with one attached hydrogen (secondary N) is 1. The molecule has 1 N–H and O–H groups in total. The molecule has 2 heterocycles. The molecule has 0 aliphatic carbocycles. The first kappa shape index (κ1) is 16.0. The van der Waals surface area contributed by atoms with Gasteiger partial charge in [0.25, 0.3) is 0 Å². The fourth-order valence-corrected chi connectivity index (χ4v) is 2.17. The highest BCUT2D eigenvalue weighted by Crippen LogP contribution is 2.21. The van der Waals surface area contributed by atoms with Gasteiger partial charge in [0.05, 0.1) is 23.5 Å². The third-order valence-corrected chi connectivity index (χ3v) is 3.30. The Kier molecular flexibility index (Phi) is 4.76. The molecule has 0 bridgehead atoms. The van der Waals surface area contributed by atoms with Crippen LogP contribution in [0.15, 0.2) is 12.4 Å². The number of aromatic nitrogens is 4. The van der Waals surface area contributed by atoms with E-state index in [9.17, 15) is 14.9 Å². The zero-order valence-corrected chi connectivity index (χ0v) is 12.9. The van der Waals surface area contributed by atoms with Crippen molar-refractivity contribution in [2.24, 2.45) is 7.05 Å². The molecular weight excluding hydrogens is 312 g/mol. The number of nitro groups is 1. The third kappa shape index (κ3) is 3.82. The van der Waals surface area contributed by atoms with Crippen LogP contribution in [0, 0.1) is 17.0 Å². The van der Waals surface area contributed by atoms with Crippen LogP contribution in [0.3, 0.4) is 0 Å². The smallest absolute Gasteiger partial charge is 0.358 e. The molecule has 2 rings (SSSR count). The normalized spacial score (nSPS) is 10.7. The highest BCUT2D eigenvalue weighted by Gasteiger charge is 2.19. The number of hydrogen-bond donors (Lipinski definition) is 1. The molecular formula is C12H15ClN6O3. The van der Waals surface area contributed by atoms with Crippen LogP contribution in [0.1, 0.15) is 17.7 Å². The molecule has 1 amide bonds. The lowest BCUT2D eigenvalue weighted by atomic mass is 10.2. The Labute approximate surface area is 131 Å². The largest absolute Gasteiger partial charge is 0.408 e. The molecule has 0 spiro atoms. The van der Waals surface area contributed by atoms with Crippen molar-refractivity contribution in [3.63, 3.8) is 0 Å². The molecule has 0 aliphatic rings. The summed E-state index contributed by atoms with van der Waals surface area (Å²) < 4.78 is 2.97. The summed E-state index contributed by atoms with van der Waals surface area (Å²) in [6.45, 7) is 2.47. The molecule has 9 nitrogen and oxygen atoms in total. The van der Waals surface area contributed by atoms with Gasteiger partial charge in [-0.1, -0.05) is 11.6 Å². The van der Waals surface area contributed by atoms with Crippen molar-refractivity contribution in [3.05, 3.63) is 38.8 Å². The number of carbonyl (C=O) groups excluding carboxylic acids is 1. The highest BCUT2D eigenvalue weighted by atomic mass is 35.5. The molecule has 0 unspecified atom stereocenters. The van der Waals surface area contributed by atoms with E-state index in [0.29, 0.717) is 6.54 Å². The van der Waals surface area contributed by atoms with E-state index in [2.05, 4.69) is 15.5 Å². The zero-order valence-electron chi connectivity index (χ0n) is 12.1. The quantitative estimate of drug-likeness (QED) is 0.633. The summed E-state index contributed by atoms with van der Waals surface area (Å²) in [5.41, 5.74) is 1.80. The van der Waals surface area contributed by atoms with E-state index in [4.69, 9.17) is 11.6 Å². The minimum absolute atomic E-state index is 0.0450. The maximum absolute atomic E-state index is 11.8. The maximum Gasteiger partial charge on any atom is 0.408 e.